The normalized spacial score (nSPS) is 10.7. The molecule has 0 aliphatic rings. The van der Waals surface area contributed by atoms with Crippen LogP contribution < -0.4 is 10.1 Å². The predicted molar refractivity (Wildman–Crippen MR) is 108 cm³/mol. The minimum Gasteiger partial charge on any atom is -0.489 e. The van der Waals surface area contributed by atoms with Crippen LogP contribution in [0.5, 0.6) is 5.75 Å². The lowest BCUT2D eigenvalue weighted by molar-refractivity contribution is 0.102. The number of aromatic nitrogens is 1. The van der Waals surface area contributed by atoms with Gasteiger partial charge in [-0.15, -0.1) is 0 Å². The Morgan fingerprint density at radius 3 is 2.63 bits per heavy atom. The number of rotatable bonds is 5. The number of H-pyrrole nitrogens is 1. The number of hydrogen-bond donors (Lipinski definition) is 2. The lowest BCUT2D eigenvalue weighted by Crippen LogP contribution is -2.12. The summed E-state index contributed by atoms with van der Waals surface area (Å²) < 4.78 is 5.86. The van der Waals surface area contributed by atoms with Crippen LogP contribution >= 0.6 is 0 Å². The third-order valence-electron chi connectivity index (χ3n) is 4.36. The highest BCUT2D eigenvalue weighted by molar-refractivity contribution is 6.06. The van der Waals surface area contributed by atoms with Gasteiger partial charge in [0, 0.05) is 22.7 Å². The first-order valence-corrected chi connectivity index (χ1v) is 8.85. The zero-order chi connectivity index (χ0) is 18.6. The molecule has 0 aliphatic heterocycles. The number of nitrogens with one attached hydrogen (secondary N) is 2. The fourth-order valence-electron chi connectivity index (χ4n) is 2.98. The summed E-state index contributed by atoms with van der Waals surface area (Å²) in [6, 6.07) is 25.4. The molecule has 0 spiro atoms. The second-order valence-corrected chi connectivity index (χ2v) is 6.53. The van der Waals surface area contributed by atoms with Gasteiger partial charge in [0.15, 0.2) is 0 Å². The van der Waals surface area contributed by atoms with E-state index in [9.17, 15) is 4.79 Å². The maximum absolute atomic E-state index is 12.5. The number of ether oxygens (including phenoxy) is 1. The molecule has 0 aliphatic carbocycles. The molecular weight excluding hydrogens is 336 g/mol. The first-order chi connectivity index (χ1) is 13.2. The van der Waals surface area contributed by atoms with Gasteiger partial charge in [0.25, 0.3) is 5.91 Å². The Bertz CT molecular complexity index is 1080. The van der Waals surface area contributed by atoms with Crippen LogP contribution in [0.2, 0.25) is 0 Å². The average molecular weight is 356 g/mol. The molecule has 1 amide bonds. The van der Waals surface area contributed by atoms with E-state index in [0.29, 0.717) is 12.3 Å². The van der Waals surface area contributed by atoms with Crippen LogP contribution in [0.25, 0.3) is 10.9 Å². The first-order valence-electron chi connectivity index (χ1n) is 8.85. The summed E-state index contributed by atoms with van der Waals surface area (Å²) in [5, 5.41) is 3.89. The molecule has 1 aromatic heterocycles. The second-order valence-electron chi connectivity index (χ2n) is 6.53. The van der Waals surface area contributed by atoms with E-state index < -0.39 is 0 Å². The molecule has 0 bridgehead atoms. The summed E-state index contributed by atoms with van der Waals surface area (Å²) >= 11 is 0. The van der Waals surface area contributed by atoms with Gasteiger partial charge < -0.3 is 15.0 Å². The summed E-state index contributed by atoms with van der Waals surface area (Å²) in [4.78, 5) is 15.7. The molecule has 0 radical (unpaired) electrons. The molecule has 1 heterocycles. The van der Waals surface area contributed by atoms with E-state index in [1.165, 1.54) is 0 Å². The van der Waals surface area contributed by atoms with Crippen LogP contribution in [0.3, 0.4) is 0 Å². The monoisotopic (exact) mass is 356 g/mol. The highest BCUT2D eigenvalue weighted by Crippen LogP contribution is 2.23. The van der Waals surface area contributed by atoms with E-state index in [0.717, 1.165) is 33.5 Å². The molecule has 0 fully saturated rings. The van der Waals surface area contributed by atoms with Crippen LogP contribution in [-0.2, 0) is 6.61 Å². The number of anilines is 1. The van der Waals surface area contributed by atoms with E-state index in [-0.39, 0.29) is 5.91 Å². The van der Waals surface area contributed by atoms with Crippen molar-refractivity contribution in [2.24, 2.45) is 0 Å². The molecule has 0 atom stereocenters. The predicted octanol–water partition coefficient (Wildman–Crippen LogP) is 5.31. The standard InChI is InChI=1S/C23H20N2O2/c1-16-6-5-9-19(12-16)24-23(26)22-13-18-10-11-20(14-21(18)25-22)27-15-17-7-3-2-4-8-17/h2-14,25H,15H2,1H3,(H,24,26). The molecule has 27 heavy (non-hydrogen) atoms. The number of carbonyl (C=O) groups excluding carboxylic acids is 1. The lowest BCUT2D eigenvalue weighted by Gasteiger charge is -2.06. The van der Waals surface area contributed by atoms with Crippen LogP contribution in [0.15, 0.2) is 78.9 Å². The number of hydrogen-bond acceptors (Lipinski definition) is 2. The maximum Gasteiger partial charge on any atom is 0.272 e. The summed E-state index contributed by atoms with van der Waals surface area (Å²) in [6.07, 6.45) is 0. The van der Waals surface area contributed by atoms with E-state index in [1.807, 2.05) is 85.8 Å². The fourth-order valence-corrected chi connectivity index (χ4v) is 2.98. The van der Waals surface area contributed by atoms with Crippen LogP contribution in [0.4, 0.5) is 5.69 Å². The molecule has 134 valence electrons. The van der Waals surface area contributed by atoms with Gasteiger partial charge >= 0.3 is 0 Å². The Balaban J connectivity index is 1.49. The number of benzene rings is 3. The minimum atomic E-state index is -0.163. The molecular formula is C23H20N2O2. The summed E-state index contributed by atoms with van der Waals surface area (Å²) in [5.74, 6) is 0.599. The highest BCUT2D eigenvalue weighted by atomic mass is 16.5. The molecule has 0 saturated carbocycles. The van der Waals surface area contributed by atoms with E-state index in [1.54, 1.807) is 0 Å². The number of fused-ring (bicyclic) bond motifs is 1. The molecule has 0 saturated heterocycles. The van der Waals surface area contributed by atoms with Gasteiger partial charge in [-0.25, -0.2) is 0 Å². The van der Waals surface area contributed by atoms with Gasteiger partial charge in [-0.1, -0.05) is 42.5 Å². The van der Waals surface area contributed by atoms with Gasteiger partial charge in [-0.3, -0.25) is 4.79 Å². The van der Waals surface area contributed by atoms with Gasteiger partial charge in [-0.05, 0) is 48.4 Å². The summed E-state index contributed by atoms with van der Waals surface area (Å²) in [6.45, 7) is 2.50. The van der Waals surface area contributed by atoms with E-state index >= 15 is 0 Å². The van der Waals surface area contributed by atoms with E-state index in [2.05, 4.69) is 10.3 Å². The van der Waals surface area contributed by atoms with Crippen molar-refractivity contribution in [3.63, 3.8) is 0 Å². The van der Waals surface area contributed by atoms with Gasteiger partial charge in [0.2, 0.25) is 0 Å². The van der Waals surface area contributed by atoms with Crippen molar-refractivity contribution < 1.29 is 9.53 Å². The Morgan fingerprint density at radius 1 is 0.963 bits per heavy atom. The Morgan fingerprint density at radius 2 is 1.81 bits per heavy atom. The summed E-state index contributed by atoms with van der Waals surface area (Å²) in [5.41, 5.74) is 4.39. The SMILES string of the molecule is Cc1cccc(NC(=O)c2cc3ccc(OCc4ccccc4)cc3[nH]2)c1. The van der Waals surface area contributed by atoms with Crippen molar-refractivity contribution in [1.82, 2.24) is 4.98 Å². The van der Waals surface area contributed by atoms with Crippen LogP contribution in [0, 0.1) is 6.92 Å². The maximum atomic E-state index is 12.5. The van der Waals surface area contributed by atoms with Crippen molar-refractivity contribution >= 4 is 22.5 Å². The molecule has 4 aromatic rings. The zero-order valence-corrected chi connectivity index (χ0v) is 15.0. The molecule has 2 N–H and O–H groups in total. The van der Waals surface area contributed by atoms with E-state index in [4.69, 9.17) is 4.74 Å². The van der Waals surface area contributed by atoms with Crippen molar-refractivity contribution in [2.75, 3.05) is 5.32 Å². The highest BCUT2D eigenvalue weighted by Gasteiger charge is 2.10. The van der Waals surface area contributed by atoms with Crippen molar-refractivity contribution in [2.45, 2.75) is 13.5 Å². The summed E-state index contributed by atoms with van der Waals surface area (Å²) in [7, 11) is 0. The third kappa shape index (κ3) is 4.01. The number of amides is 1. The molecule has 3 aromatic carbocycles. The van der Waals surface area contributed by atoms with Gasteiger partial charge in [0.1, 0.15) is 18.1 Å². The zero-order valence-electron chi connectivity index (χ0n) is 15.0. The topological polar surface area (TPSA) is 54.1 Å². The average Bonchev–Trinajstić information content (AvgIpc) is 3.11. The minimum absolute atomic E-state index is 0.163. The quantitative estimate of drug-likeness (QED) is 0.509. The Hall–Kier alpha value is -3.53. The Labute approximate surface area is 157 Å². The first kappa shape index (κ1) is 16.9. The molecule has 4 nitrogen and oxygen atoms in total. The fraction of sp³-hybridized carbons (Fsp3) is 0.0870. The second kappa shape index (κ2) is 7.38. The van der Waals surface area contributed by atoms with Crippen LogP contribution in [0.1, 0.15) is 21.6 Å². The number of carbonyl (C=O) groups is 1. The third-order valence-corrected chi connectivity index (χ3v) is 4.36. The number of aromatic amines is 1. The van der Waals surface area contributed by atoms with Crippen molar-refractivity contribution in [3.8, 4) is 5.75 Å². The molecule has 4 rings (SSSR count). The smallest absolute Gasteiger partial charge is 0.272 e. The van der Waals surface area contributed by atoms with Crippen molar-refractivity contribution in [3.05, 3.63) is 95.7 Å². The van der Waals surface area contributed by atoms with Gasteiger partial charge in [-0.2, -0.15) is 0 Å². The number of aryl methyl sites for hydroxylation is 1. The molecule has 4 heteroatoms. The Kier molecular flexibility index (Phi) is 4.62. The molecule has 0 unspecified atom stereocenters. The van der Waals surface area contributed by atoms with Crippen molar-refractivity contribution in [1.29, 1.82) is 0 Å². The van der Waals surface area contributed by atoms with Gasteiger partial charge in [0.05, 0.1) is 0 Å². The lowest BCUT2D eigenvalue weighted by atomic mass is 10.2. The van der Waals surface area contributed by atoms with Crippen LogP contribution in [-0.4, -0.2) is 10.9 Å². The largest absolute Gasteiger partial charge is 0.489 e.